The van der Waals surface area contributed by atoms with Gasteiger partial charge in [0.15, 0.2) is 5.65 Å². The van der Waals surface area contributed by atoms with Crippen molar-refractivity contribution in [3.63, 3.8) is 0 Å². The van der Waals surface area contributed by atoms with Crippen LogP contribution in [0.15, 0.2) is 35.4 Å². The minimum Gasteiger partial charge on any atom is -0.497 e. The molecule has 0 radical (unpaired) electrons. The van der Waals surface area contributed by atoms with Crippen LogP contribution in [-0.4, -0.2) is 32.8 Å². The van der Waals surface area contributed by atoms with Crippen molar-refractivity contribution in [1.29, 1.82) is 0 Å². The summed E-state index contributed by atoms with van der Waals surface area (Å²) in [4.78, 5) is 19.8. The number of nitrogens with zero attached hydrogens (tertiary/aromatic N) is 4. The van der Waals surface area contributed by atoms with Gasteiger partial charge < -0.3 is 10.1 Å². The van der Waals surface area contributed by atoms with Crippen LogP contribution in [0.3, 0.4) is 0 Å². The van der Waals surface area contributed by atoms with E-state index in [0.717, 1.165) is 47.5 Å². The van der Waals surface area contributed by atoms with Crippen molar-refractivity contribution < 1.29 is 4.74 Å². The van der Waals surface area contributed by atoms with Crippen LogP contribution in [0.4, 0.5) is 0 Å². The normalized spacial score (nSPS) is 14.4. The molecule has 5 rings (SSSR count). The SMILES string of the molecule is COc1ccc(Cn2c(=O)n3ncnc3c3c4c(sc32)CNCCC4)cc1. The number of ether oxygens (including phenoxy) is 1. The first-order valence-corrected chi connectivity index (χ1v) is 9.78. The molecule has 0 amide bonds. The average molecular weight is 381 g/mol. The van der Waals surface area contributed by atoms with Crippen LogP contribution in [0.2, 0.25) is 0 Å². The summed E-state index contributed by atoms with van der Waals surface area (Å²) in [5.74, 6) is 0.803. The Morgan fingerprint density at radius 3 is 2.96 bits per heavy atom. The highest BCUT2D eigenvalue weighted by molar-refractivity contribution is 7.19. The molecule has 0 saturated heterocycles. The average Bonchev–Trinajstić information content (AvgIpc) is 3.24. The molecule has 0 spiro atoms. The fourth-order valence-corrected chi connectivity index (χ4v) is 5.03. The second kappa shape index (κ2) is 6.47. The number of fused-ring (bicyclic) bond motifs is 5. The molecule has 4 aromatic rings. The molecule has 4 heterocycles. The van der Waals surface area contributed by atoms with E-state index in [1.54, 1.807) is 18.4 Å². The van der Waals surface area contributed by atoms with Crippen LogP contribution in [0, 0.1) is 0 Å². The van der Waals surface area contributed by atoms with E-state index in [-0.39, 0.29) is 5.69 Å². The maximum Gasteiger partial charge on any atom is 0.352 e. The molecule has 1 N–H and O–H groups in total. The van der Waals surface area contributed by atoms with E-state index in [2.05, 4.69) is 15.4 Å². The third kappa shape index (κ3) is 2.64. The fraction of sp³-hybridized carbons (Fsp3) is 0.316. The Labute approximate surface area is 159 Å². The van der Waals surface area contributed by atoms with Crippen LogP contribution in [0.1, 0.15) is 22.4 Å². The zero-order valence-electron chi connectivity index (χ0n) is 14.9. The number of hydrogen-bond acceptors (Lipinski definition) is 6. The Balaban J connectivity index is 1.74. The summed E-state index contributed by atoms with van der Waals surface area (Å²) >= 11 is 1.69. The van der Waals surface area contributed by atoms with Crippen molar-refractivity contribution in [3.05, 3.63) is 57.1 Å². The van der Waals surface area contributed by atoms with Gasteiger partial charge in [-0.25, -0.2) is 9.78 Å². The molecule has 1 aliphatic rings. The van der Waals surface area contributed by atoms with Gasteiger partial charge in [0.2, 0.25) is 0 Å². The summed E-state index contributed by atoms with van der Waals surface area (Å²) in [5, 5.41) is 8.73. The lowest BCUT2D eigenvalue weighted by atomic mass is 10.1. The minimum atomic E-state index is -0.157. The molecule has 0 fully saturated rings. The molecule has 7 nitrogen and oxygen atoms in total. The number of rotatable bonds is 3. The van der Waals surface area contributed by atoms with Gasteiger partial charge in [-0.05, 0) is 42.6 Å². The highest BCUT2D eigenvalue weighted by atomic mass is 32.1. The second-order valence-electron chi connectivity index (χ2n) is 6.68. The quantitative estimate of drug-likeness (QED) is 0.589. The van der Waals surface area contributed by atoms with E-state index in [1.807, 2.05) is 28.8 Å². The topological polar surface area (TPSA) is 73.5 Å². The molecule has 0 unspecified atom stereocenters. The summed E-state index contributed by atoms with van der Waals surface area (Å²) in [5.41, 5.74) is 2.86. The van der Waals surface area contributed by atoms with Crippen molar-refractivity contribution in [2.24, 2.45) is 0 Å². The summed E-state index contributed by atoms with van der Waals surface area (Å²) < 4.78 is 8.48. The lowest BCUT2D eigenvalue weighted by Gasteiger charge is -2.10. The molecule has 138 valence electrons. The van der Waals surface area contributed by atoms with Gasteiger partial charge in [0.25, 0.3) is 0 Å². The number of methoxy groups -OCH3 is 1. The number of thiophene rings is 1. The standard InChI is InChI=1S/C19H19N5O2S/c1-26-13-6-4-12(5-7-13)10-23-18-16(17-21-11-22-24(17)19(23)25)14-3-2-8-20-9-15(14)27-18/h4-7,11,20H,2-3,8-10H2,1H3. The van der Waals surface area contributed by atoms with E-state index < -0.39 is 0 Å². The highest BCUT2D eigenvalue weighted by Gasteiger charge is 2.22. The zero-order chi connectivity index (χ0) is 18.4. The number of hydrogen-bond donors (Lipinski definition) is 1. The number of benzene rings is 1. The van der Waals surface area contributed by atoms with Crippen molar-refractivity contribution in [1.82, 2.24) is 24.5 Å². The van der Waals surface area contributed by atoms with Gasteiger partial charge in [0, 0.05) is 11.4 Å². The lowest BCUT2D eigenvalue weighted by Crippen LogP contribution is -2.27. The van der Waals surface area contributed by atoms with Crippen molar-refractivity contribution in [2.75, 3.05) is 13.7 Å². The van der Waals surface area contributed by atoms with Gasteiger partial charge in [0.05, 0.1) is 19.0 Å². The van der Waals surface area contributed by atoms with Crippen LogP contribution in [0.25, 0.3) is 15.9 Å². The molecule has 8 heteroatoms. The maximum atomic E-state index is 13.1. The molecule has 1 aromatic carbocycles. The van der Waals surface area contributed by atoms with E-state index in [4.69, 9.17) is 4.74 Å². The predicted octanol–water partition coefficient (Wildman–Crippen LogP) is 2.20. The Morgan fingerprint density at radius 2 is 2.15 bits per heavy atom. The first kappa shape index (κ1) is 16.5. The third-order valence-corrected chi connectivity index (χ3v) is 6.32. The van der Waals surface area contributed by atoms with Crippen LogP contribution in [-0.2, 0) is 19.5 Å². The number of aryl methyl sites for hydroxylation is 1. The van der Waals surface area contributed by atoms with E-state index >= 15 is 0 Å². The Kier molecular flexibility index (Phi) is 3.95. The summed E-state index contributed by atoms with van der Waals surface area (Å²) in [7, 11) is 1.65. The zero-order valence-corrected chi connectivity index (χ0v) is 15.8. The lowest BCUT2D eigenvalue weighted by molar-refractivity contribution is 0.414. The minimum absolute atomic E-state index is 0.157. The molecule has 0 bridgehead atoms. The van der Waals surface area contributed by atoms with Gasteiger partial charge >= 0.3 is 5.69 Å². The van der Waals surface area contributed by atoms with Crippen molar-refractivity contribution in [2.45, 2.75) is 25.9 Å². The van der Waals surface area contributed by atoms with E-state index in [0.29, 0.717) is 12.2 Å². The molecule has 1 aliphatic heterocycles. The van der Waals surface area contributed by atoms with Crippen LogP contribution >= 0.6 is 11.3 Å². The van der Waals surface area contributed by atoms with E-state index in [9.17, 15) is 4.79 Å². The Hall–Kier alpha value is -2.71. The van der Waals surface area contributed by atoms with Crippen LogP contribution in [0.5, 0.6) is 5.75 Å². The van der Waals surface area contributed by atoms with Crippen molar-refractivity contribution in [3.8, 4) is 5.75 Å². The molecule has 0 saturated carbocycles. The fourth-order valence-electron chi connectivity index (χ4n) is 3.72. The number of aromatic nitrogens is 4. The monoisotopic (exact) mass is 381 g/mol. The third-order valence-electron chi connectivity index (χ3n) is 5.07. The van der Waals surface area contributed by atoms with Gasteiger partial charge in [-0.1, -0.05) is 12.1 Å². The van der Waals surface area contributed by atoms with Gasteiger partial charge in [-0.2, -0.15) is 9.61 Å². The summed E-state index contributed by atoms with van der Waals surface area (Å²) in [6.45, 7) is 2.34. The molecule has 27 heavy (non-hydrogen) atoms. The molecule has 0 atom stereocenters. The smallest absolute Gasteiger partial charge is 0.352 e. The first-order valence-electron chi connectivity index (χ1n) is 8.96. The molecule has 3 aromatic heterocycles. The van der Waals surface area contributed by atoms with Gasteiger partial charge in [-0.15, -0.1) is 11.3 Å². The Bertz CT molecular complexity index is 1190. The number of nitrogens with one attached hydrogen (secondary N) is 1. The summed E-state index contributed by atoms with van der Waals surface area (Å²) in [6, 6.07) is 7.81. The highest BCUT2D eigenvalue weighted by Crippen LogP contribution is 2.34. The second-order valence-corrected chi connectivity index (χ2v) is 7.76. The first-order chi connectivity index (χ1) is 13.3. The van der Waals surface area contributed by atoms with E-state index in [1.165, 1.54) is 21.3 Å². The Morgan fingerprint density at radius 1 is 1.30 bits per heavy atom. The van der Waals surface area contributed by atoms with Crippen molar-refractivity contribution >= 4 is 27.2 Å². The molecular weight excluding hydrogens is 362 g/mol. The molecule has 0 aliphatic carbocycles. The van der Waals surface area contributed by atoms with Gasteiger partial charge in [-0.3, -0.25) is 4.57 Å². The summed E-state index contributed by atoms with van der Waals surface area (Å²) in [6.07, 6.45) is 3.54. The van der Waals surface area contributed by atoms with Crippen LogP contribution < -0.4 is 15.7 Å². The predicted molar refractivity (Wildman–Crippen MR) is 105 cm³/mol. The van der Waals surface area contributed by atoms with Gasteiger partial charge in [0.1, 0.15) is 16.9 Å². The largest absolute Gasteiger partial charge is 0.497 e. The molecular formula is C19H19N5O2S. The maximum absolute atomic E-state index is 13.1.